The zero-order chi connectivity index (χ0) is 21.3. The van der Waals surface area contributed by atoms with Crippen LogP contribution in [-0.4, -0.2) is 44.7 Å². The van der Waals surface area contributed by atoms with E-state index in [4.69, 9.17) is 4.74 Å². The minimum Gasteiger partial charge on any atom is -0.466 e. The van der Waals surface area contributed by atoms with Crippen molar-refractivity contribution in [2.24, 2.45) is 18.9 Å². The smallest absolute Gasteiger partial charge is 0.309 e. The number of amides is 1. The summed E-state index contributed by atoms with van der Waals surface area (Å²) in [4.78, 5) is 31.6. The molecule has 1 amide bonds. The molecule has 1 saturated carbocycles. The predicted octanol–water partition coefficient (Wildman–Crippen LogP) is 3.12. The van der Waals surface area contributed by atoms with Crippen LogP contribution in [0.15, 0.2) is 42.6 Å². The Morgan fingerprint density at radius 1 is 1.27 bits per heavy atom. The van der Waals surface area contributed by atoms with Crippen molar-refractivity contribution in [2.45, 2.75) is 26.8 Å². The molecule has 7 nitrogen and oxygen atoms in total. The topological polar surface area (TPSA) is 77.3 Å². The number of aromatic nitrogens is 3. The van der Waals surface area contributed by atoms with Gasteiger partial charge in [0.1, 0.15) is 0 Å². The van der Waals surface area contributed by atoms with Crippen LogP contribution < -0.4 is 0 Å². The van der Waals surface area contributed by atoms with E-state index in [0.29, 0.717) is 25.3 Å². The summed E-state index contributed by atoms with van der Waals surface area (Å²) < 4.78 is 6.94. The van der Waals surface area contributed by atoms with Crippen LogP contribution in [0.2, 0.25) is 0 Å². The Labute approximate surface area is 175 Å². The van der Waals surface area contributed by atoms with E-state index in [9.17, 15) is 9.59 Å². The van der Waals surface area contributed by atoms with Gasteiger partial charge < -0.3 is 9.64 Å². The summed E-state index contributed by atoms with van der Waals surface area (Å²) in [7, 11) is 1.88. The van der Waals surface area contributed by atoms with Crippen molar-refractivity contribution in [2.75, 3.05) is 13.2 Å². The number of para-hydroxylation sites is 1. The summed E-state index contributed by atoms with van der Waals surface area (Å²) in [5.41, 5.74) is 3.24. The quantitative estimate of drug-likeness (QED) is 0.564. The minimum atomic E-state index is -0.170. The average molecular weight is 406 g/mol. The lowest BCUT2D eigenvalue weighted by Crippen LogP contribution is -2.33. The molecule has 1 aliphatic carbocycles. The van der Waals surface area contributed by atoms with Crippen LogP contribution in [0.4, 0.5) is 0 Å². The highest BCUT2D eigenvalue weighted by Crippen LogP contribution is 2.40. The molecular weight excluding hydrogens is 380 g/mol. The molecule has 0 radical (unpaired) electrons. The van der Waals surface area contributed by atoms with Crippen molar-refractivity contribution in [1.82, 2.24) is 19.7 Å². The summed E-state index contributed by atoms with van der Waals surface area (Å²) in [6.45, 7) is 5.04. The molecular formula is C23H26N4O3. The number of aryl methyl sites for hydroxylation is 2. The number of pyridine rings is 1. The standard InChI is InChI=1S/C23H26N4O3/c1-4-30-23(29)20-11-18(20)13-27(14-19-9-15(2)26(3)25-19)22(28)17-10-16-7-5-6-8-21(16)24-12-17/h5-10,12,18,20H,4,11,13-14H2,1-3H3/t18-,20+/m0/s1. The summed E-state index contributed by atoms with van der Waals surface area (Å²) in [6, 6.07) is 11.6. The second kappa shape index (κ2) is 8.26. The number of hydrogen-bond donors (Lipinski definition) is 0. The highest BCUT2D eigenvalue weighted by atomic mass is 16.5. The highest BCUT2D eigenvalue weighted by Gasteiger charge is 2.45. The summed E-state index contributed by atoms with van der Waals surface area (Å²) in [5, 5.41) is 5.43. The van der Waals surface area contributed by atoms with E-state index in [1.807, 2.05) is 50.4 Å². The molecule has 0 unspecified atom stereocenters. The zero-order valence-corrected chi connectivity index (χ0v) is 17.5. The molecule has 1 aliphatic rings. The first-order valence-electron chi connectivity index (χ1n) is 10.3. The number of fused-ring (bicyclic) bond motifs is 1. The monoisotopic (exact) mass is 406 g/mol. The molecule has 4 rings (SSSR count). The maximum absolute atomic E-state index is 13.4. The van der Waals surface area contributed by atoms with E-state index in [1.165, 1.54) is 0 Å². The largest absolute Gasteiger partial charge is 0.466 e. The first-order valence-corrected chi connectivity index (χ1v) is 10.3. The van der Waals surface area contributed by atoms with Crippen molar-refractivity contribution in [3.63, 3.8) is 0 Å². The molecule has 0 N–H and O–H groups in total. The number of benzene rings is 1. The van der Waals surface area contributed by atoms with Gasteiger partial charge in [-0.05, 0) is 44.4 Å². The highest BCUT2D eigenvalue weighted by molar-refractivity contribution is 5.97. The van der Waals surface area contributed by atoms with Gasteiger partial charge >= 0.3 is 5.97 Å². The lowest BCUT2D eigenvalue weighted by molar-refractivity contribution is -0.145. The van der Waals surface area contributed by atoms with Crippen molar-refractivity contribution in [1.29, 1.82) is 0 Å². The van der Waals surface area contributed by atoms with Gasteiger partial charge in [-0.2, -0.15) is 5.10 Å². The molecule has 156 valence electrons. The SMILES string of the molecule is CCOC(=O)[C@@H]1C[C@H]1CN(Cc1cc(C)n(C)n1)C(=O)c1cnc2ccccc2c1. The summed E-state index contributed by atoms with van der Waals surface area (Å²) in [5.74, 6) is -0.284. The molecule has 7 heteroatoms. The molecule has 1 aromatic carbocycles. The molecule has 0 spiro atoms. The third kappa shape index (κ3) is 4.20. The van der Waals surface area contributed by atoms with Crippen LogP contribution in [-0.2, 0) is 23.1 Å². The molecule has 0 bridgehead atoms. The van der Waals surface area contributed by atoms with E-state index in [1.54, 1.807) is 22.7 Å². The van der Waals surface area contributed by atoms with Crippen LogP contribution in [0.1, 0.15) is 35.1 Å². The van der Waals surface area contributed by atoms with Gasteiger partial charge in [-0.1, -0.05) is 18.2 Å². The Hall–Kier alpha value is -3.22. The van der Waals surface area contributed by atoms with Gasteiger partial charge in [0.15, 0.2) is 0 Å². The number of rotatable bonds is 7. The maximum Gasteiger partial charge on any atom is 0.309 e. The van der Waals surface area contributed by atoms with Gasteiger partial charge in [-0.15, -0.1) is 0 Å². The van der Waals surface area contributed by atoms with Crippen molar-refractivity contribution < 1.29 is 14.3 Å². The van der Waals surface area contributed by atoms with E-state index in [-0.39, 0.29) is 23.7 Å². The van der Waals surface area contributed by atoms with E-state index >= 15 is 0 Å². The normalized spacial score (nSPS) is 17.7. The zero-order valence-electron chi connectivity index (χ0n) is 17.5. The van der Waals surface area contributed by atoms with Crippen molar-refractivity contribution in [3.05, 3.63) is 59.5 Å². The van der Waals surface area contributed by atoms with Crippen LogP contribution >= 0.6 is 0 Å². The Morgan fingerprint density at radius 3 is 2.80 bits per heavy atom. The van der Waals surface area contributed by atoms with E-state index in [2.05, 4.69) is 10.1 Å². The van der Waals surface area contributed by atoms with Gasteiger partial charge in [0.05, 0.1) is 35.8 Å². The Kier molecular flexibility index (Phi) is 5.53. The number of carbonyl (C=O) groups excluding carboxylic acids is 2. The lowest BCUT2D eigenvalue weighted by Gasteiger charge is -2.22. The second-order valence-corrected chi connectivity index (χ2v) is 7.86. The Bertz CT molecular complexity index is 1070. The molecule has 2 aromatic heterocycles. The van der Waals surface area contributed by atoms with Crippen LogP contribution in [0.5, 0.6) is 0 Å². The fourth-order valence-electron chi connectivity index (χ4n) is 3.77. The number of carbonyl (C=O) groups is 2. The summed E-state index contributed by atoms with van der Waals surface area (Å²) >= 11 is 0. The first kappa shape index (κ1) is 20.1. The number of hydrogen-bond acceptors (Lipinski definition) is 5. The van der Waals surface area contributed by atoms with E-state index in [0.717, 1.165) is 28.7 Å². The average Bonchev–Trinajstić information content (AvgIpc) is 3.44. The van der Waals surface area contributed by atoms with Crippen molar-refractivity contribution in [3.8, 4) is 0 Å². The number of esters is 1. The predicted molar refractivity (Wildman–Crippen MR) is 113 cm³/mol. The van der Waals surface area contributed by atoms with Gasteiger partial charge in [0.25, 0.3) is 5.91 Å². The first-order chi connectivity index (χ1) is 14.5. The molecule has 0 aliphatic heterocycles. The maximum atomic E-state index is 13.4. The minimum absolute atomic E-state index is 0.105. The van der Waals surface area contributed by atoms with Crippen molar-refractivity contribution >= 4 is 22.8 Å². The molecule has 0 saturated heterocycles. The molecule has 30 heavy (non-hydrogen) atoms. The van der Waals surface area contributed by atoms with Crippen LogP contribution in [0.3, 0.4) is 0 Å². The van der Waals surface area contributed by atoms with E-state index < -0.39 is 0 Å². The van der Waals surface area contributed by atoms with Gasteiger partial charge in [-0.25, -0.2) is 0 Å². The molecule has 2 atom stereocenters. The van der Waals surface area contributed by atoms with Gasteiger partial charge in [-0.3, -0.25) is 19.3 Å². The lowest BCUT2D eigenvalue weighted by atomic mass is 10.1. The fourth-order valence-corrected chi connectivity index (χ4v) is 3.77. The third-order valence-electron chi connectivity index (χ3n) is 5.61. The molecule has 1 fully saturated rings. The fraction of sp³-hybridized carbons (Fsp3) is 0.391. The van der Waals surface area contributed by atoms with Gasteiger partial charge in [0.2, 0.25) is 0 Å². The number of ether oxygens (including phenoxy) is 1. The Morgan fingerprint density at radius 2 is 2.07 bits per heavy atom. The van der Waals surface area contributed by atoms with Crippen LogP contribution in [0.25, 0.3) is 10.9 Å². The molecule has 3 aromatic rings. The second-order valence-electron chi connectivity index (χ2n) is 7.86. The Balaban J connectivity index is 1.56. The summed E-state index contributed by atoms with van der Waals surface area (Å²) in [6.07, 6.45) is 2.37. The number of nitrogens with zero attached hydrogens (tertiary/aromatic N) is 4. The molecule has 2 heterocycles. The van der Waals surface area contributed by atoms with Gasteiger partial charge in [0, 0.05) is 30.9 Å². The van der Waals surface area contributed by atoms with Crippen LogP contribution in [0, 0.1) is 18.8 Å². The third-order valence-corrected chi connectivity index (χ3v) is 5.61.